The van der Waals surface area contributed by atoms with E-state index < -0.39 is 17.4 Å². The van der Waals surface area contributed by atoms with Crippen molar-refractivity contribution in [3.63, 3.8) is 0 Å². The average molecular weight is 258 g/mol. The summed E-state index contributed by atoms with van der Waals surface area (Å²) in [6.07, 6.45) is 1.81. The largest absolute Gasteiger partial charge is 0.465 e. The van der Waals surface area contributed by atoms with Crippen LogP contribution in [0.25, 0.3) is 0 Å². The fraction of sp³-hybridized carbons (Fsp3) is 0.857. The van der Waals surface area contributed by atoms with Crippen LogP contribution in [-0.2, 0) is 19.1 Å². The van der Waals surface area contributed by atoms with Gasteiger partial charge in [0.2, 0.25) is 0 Å². The van der Waals surface area contributed by atoms with Crippen molar-refractivity contribution < 1.29 is 19.1 Å². The Hall–Kier alpha value is -1.06. The number of esters is 2. The molecule has 0 N–H and O–H groups in total. The first-order chi connectivity index (χ1) is 8.48. The van der Waals surface area contributed by atoms with Gasteiger partial charge in [0.05, 0.1) is 13.2 Å². The lowest BCUT2D eigenvalue weighted by molar-refractivity contribution is -0.174. The van der Waals surface area contributed by atoms with E-state index in [4.69, 9.17) is 9.47 Å². The summed E-state index contributed by atoms with van der Waals surface area (Å²) >= 11 is 0. The second-order valence-corrected chi connectivity index (χ2v) is 4.59. The molecule has 0 aromatic rings. The van der Waals surface area contributed by atoms with Gasteiger partial charge in [0.15, 0.2) is 5.41 Å². The molecular formula is C14H26O4. The first-order valence-corrected chi connectivity index (χ1v) is 6.82. The third-order valence-corrected chi connectivity index (χ3v) is 3.33. The van der Waals surface area contributed by atoms with Crippen LogP contribution in [-0.4, -0.2) is 25.2 Å². The molecule has 0 saturated heterocycles. The molecule has 0 rings (SSSR count). The molecule has 0 aliphatic heterocycles. The average Bonchev–Trinajstić information content (AvgIpc) is 2.36. The van der Waals surface area contributed by atoms with Gasteiger partial charge in [0.1, 0.15) is 0 Å². The van der Waals surface area contributed by atoms with Gasteiger partial charge in [-0.2, -0.15) is 0 Å². The van der Waals surface area contributed by atoms with E-state index in [2.05, 4.69) is 0 Å². The standard InChI is InChI=1S/C14H26O4/c1-6-11(5)10-14(7-2,12(15)17-8-3)13(16)18-9-4/h11H,6-10H2,1-5H3. The molecule has 0 spiro atoms. The molecule has 1 atom stereocenters. The molecule has 0 aromatic carbocycles. The molecule has 4 heteroatoms. The van der Waals surface area contributed by atoms with Crippen LogP contribution in [0.4, 0.5) is 0 Å². The van der Waals surface area contributed by atoms with Crippen LogP contribution < -0.4 is 0 Å². The topological polar surface area (TPSA) is 52.6 Å². The highest BCUT2D eigenvalue weighted by atomic mass is 16.6. The van der Waals surface area contributed by atoms with Crippen molar-refractivity contribution in [2.75, 3.05) is 13.2 Å². The predicted molar refractivity (Wildman–Crippen MR) is 70.1 cm³/mol. The lowest BCUT2D eigenvalue weighted by atomic mass is 9.76. The van der Waals surface area contributed by atoms with E-state index >= 15 is 0 Å². The minimum atomic E-state index is -1.14. The fourth-order valence-corrected chi connectivity index (χ4v) is 1.96. The quantitative estimate of drug-likeness (QED) is 0.496. The monoisotopic (exact) mass is 258 g/mol. The van der Waals surface area contributed by atoms with Gasteiger partial charge in [0.25, 0.3) is 0 Å². The van der Waals surface area contributed by atoms with Gasteiger partial charge in [-0.15, -0.1) is 0 Å². The smallest absolute Gasteiger partial charge is 0.323 e. The third-order valence-electron chi connectivity index (χ3n) is 3.33. The number of carbonyl (C=O) groups excluding carboxylic acids is 2. The highest BCUT2D eigenvalue weighted by Gasteiger charge is 2.47. The van der Waals surface area contributed by atoms with Crippen molar-refractivity contribution in [3.8, 4) is 0 Å². The minimum absolute atomic E-state index is 0.277. The van der Waals surface area contributed by atoms with Crippen molar-refractivity contribution in [2.24, 2.45) is 11.3 Å². The van der Waals surface area contributed by atoms with Crippen molar-refractivity contribution >= 4 is 11.9 Å². The van der Waals surface area contributed by atoms with E-state index in [1.165, 1.54) is 0 Å². The maximum atomic E-state index is 12.1. The van der Waals surface area contributed by atoms with E-state index in [1.807, 2.05) is 20.8 Å². The minimum Gasteiger partial charge on any atom is -0.465 e. The number of carbonyl (C=O) groups is 2. The number of rotatable bonds is 8. The normalized spacial score (nSPS) is 12.9. The molecule has 18 heavy (non-hydrogen) atoms. The van der Waals surface area contributed by atoms with Gasteiger partial charge in [-0.1, -0.05) is 27.2 Å². The second-order valence-electron chi connectivity index (χ2n) is 4.59. The van der Waals surface area contributed by atoms with Crippen molar-refractivity contribution in [1.29, 1.82) is 0 Å². The first kappa shape index (κ1) is 16.9. The Kier molecular flexibility index (Phi) is 7.64. The highest BCUT2D eigenvalue weighted by molar-refractivity contribution is 6.00. The molecular weight excluding hydrogens is 232 g/mol. The summed E-state index contributed by atoms with van der Waals surface area (Å²) in [6, 6.07) is 0. The molecule has 0 heterocycles. The van der Waals surface area contributed by atoms with Gasteiger partial charge in [-0.05, 0) is 32.6 Å². The lowest BCUT2D eigenvalue weighted by Gasteiger charge is -2.30. The number of ether oxygens (including phenoxy) is 2. The third kappa shape index (κ3) is 4.00. The predicted octanol–water partition coefficient (Wildman–Crippen LogP) is 2.95. The summed E-state index contributed by atoms with van der Waals surface area (Å²) in [5, 5.41) is 0. The van der Waals surface area contributed by atoms with Crippen LogP contribution in [0.1, 0.15) is 53.9 Å². The van der Waals surface area contributed by atoms with Crippen LogP contribution in [0.15, 0.2) is 0 Å². The maximum absolute atomic E-state index is 12.1. The van der Waals surface area contributed by atoms with Crippen LogP contribution in [0.3, 0.4) is 0 Å². The Labute approximate surface area is 110 Å². The van der Waals surface area contributed by atoms with Gasteiger partial charge >= 0.3 is 11.9 Å². The molecule has 4 nitrogen and oxygen atoms in total. The molecule has 0 fully saturated rings. The summed E-state index contributed by atoms with van der Waals surface area (Å²) in [7, 11) is 0. The molecule has 0 saturated carbocycles. The van der Waals surface area contributed by atoms with E-state index in [-0.39, 0.29) is 19.1 Å². The van der Waals surface area contributed by atoms with Crippen LogP contribution in [0, 0.1) is 11.3 Å². The molecule has 1 unspecified atom stereocenters. The Bertz CT molecular complexity index is 255. The zero-order chi connectivity index (χ0) is 14.2. The maximum Gasteiger partial charge on any atom is 0.323 e. The molecule has 0 radical (unpaired) electrons. The van der Waals surface area contributed by atoms with Gasteiger partial charge in [-0.3, -0.25) is 9.59 Å². The zero-order valence-corrected chi connectivity index (χ0v) is 12.2. The Balaban J connectivity index is 5.18. The second kappa shape index (κ2) is 8.11. The first-order valence-electron chi connectivity index (χ1n) is 6.82. The zero-order valence-electron chi connectivity index (χ0n) is 12.2. The summed E-state index contributed by atoms with van der Waals surface area (Å²) in [5.74, 6) is -0.628. The van der Waals surface area contributed by atoms with Crippen molar-refractivity contribution in [1.82, 2.24) is 0 Å². The summed E-state index contributed by atoms with van der Waals surface area (Å²) in [4.78, 5) is 24.3. The summed E-state index contributed by atoms with van der Waals surface area (Å²) < 4.78 is 10.1. The highest BCUT2D eigenvalue weighted by Crippen LogP contribution is 2.34. The lowest BCUT2D eigenvalue weighted by Crippen LogP contribution is -2.43. The van der Waals surface area contributed by atoms with E-state index in [9.17, 15) is 9.59 Å². The molecule has 0 aromatic heterocycles. The molecule has 106 valence electrons. The number of hydrogen-bond acceptors (Lipinski definition) is 4. The van der Waals surface area contributed by atoms with Crippen molar-refractivity contribution in [2.45, 2.75) is 53.9 Å². The van der Waals surface area contributed by atoms with E-state index in [1.54, 1.807) is 13.8 Å². The van der Waals surface area contributed by atoms with Crippen LogP contribution in [0.5, 0.6) is 0 Å². The molecule has 0 aliphatic carbocycles. The molecule has 0 bridgehead atoms. The van der Waals surface area contributed by atoms with Gasteiger partial charge in [0, 0.05) is 0 Å². The Morgan fingerprint density at radius 1 is 1.00 bits per heavy atom. The van der Waals surface area contributed by atoms with Gasteiger partial charge < -0.3 is 9.47 Å². The van der Waals surface area contributed by atoms with Crippen LogP contribution in [0.2, 0.25) is 0 Å². The fourth-order valence-electron chi connectivity index (χ4n) is 1.96. The summed E-state index contributed by atoms with van der Waals surface area (Å²) in [6.45, 7) is 9.95. The number of hydrogen-bond donors (Lipinski definition) is 0. The van der Waals surface area contributed by atoms with E-state index in [0.29, 0.717) is 12.8 Å². The SMILES string of the molecule is CCOC(=O)C(CC)(CC(C)CC)C(=O)OCC. The Morgan fingerprint density at radius 3 is 1.72 bits per heavy atom. The van der Waals surface area contributed by atoms with Gasteiger partial charge in [-0.25, -0.2) is 0 Å². The molecule has 0 aliphatic rings. The molecule has 0 amide bonds. The van der Waals surface area contributed by atoms with Crippen molar-refractivity contribution in [3.05, 3.63) is 0 Å². The summed E-state index contributed by atoms with van der Waals surface area (Å²) in [5.41, 5.74) is -1.14. The van der Waals surface area contributed by atoms with Crippen LogP contribution >= 0.6 is 0 Å². The Morgan fingerprint density at radius 2 is 1.44 bits per heavy atom. The van der Waals surface area contributed by atoms with E-state index in [0.717, 1.165) is 6.42 Å².